The lowest BCUT2D eigenvalue weighted by molar-refractivity contribution is -0.129. The van der Waals surface area contributed by atoms with Crippen LogP contribution >= 0.6 is 0 Å². The molecule has 0 aliphatic heterocycles. The van der Waals surface area contributed by atoms with Crippen molar-refractivity contribution in [3.63, 3.8) is 0 Å². The molecule has 6 heteroatoms. The summed E-state index contributed by atoms with van der Waals surface area (Å²) >= 11 is 0. The Balaban J connectivity index is 1.35. The van der Waals surface area contributed by atoms with Crippen molar-refractivity contribution in [2.24, 2.45) is 17.8 Å². The molecule has 2 atom stereocenters. The minimum atomic E-state index is -0.411. The molecular formula is C23H27N5O. The van der Waals surface area contributed by atoms with Crippen molar-refractivity contribution in [1.82, 2.24) is 20.2 Å². The molecule has 4 aliphatic rings. The monoisotopic (exact) mass is 389 g/mol. The van der Waals surface area contributed by atoms with Crippen molar-refractivity contribution < 1.29 is 5.11 Å². The Hall–Kier alpha value is -2.47. The third kappa shape index (κ3) is 3.01. The van der Waals surface area contributed by atoms with Crippen LogP contribution in [0.3, 0.4) is 0 Å². The molecule has 3 heterocycles. The zero-order valence-corrected chi connectivity index (χ0v) is 16.7. The largest absolute Gasteiger partial charge is 0.390 e. The third-order valence-electron chi connectivity index (χ3n) is 7.32. The Bertz CT molecular complexity index is 1060. The van der Waals surface area contributed by atoms with Gasteiger partial charge in [0.15, 0.2) is 0 Å². The molecule has 3 aromatic heterocycles. The normalized spacial score (nSPS) is 32.8. The van der Waals surface area contributed by atoms with Crippen LogP contribution < -0.4 is 5.32 Å². The highest BCUT2D eigenvalue weighted by Crippen LogP contribution is 2.56. The van der Waals surface area contributed by atoms with Crippen LogP contribution in [-0.2, 0) is 6.42 Å². The van der Waals surface area contributed by atoms with Crippen molar-refractivity contribution in [1.29, 1.82) is 0 Å². The van der Waals surface area contributed by atoms with E-state index < -0.39 is 5.60 Å². The maximum Gasteiger partial charge on any atom is 0.135 e. The quantitative estimate of drug-likeness (QED) is 0.635. The molecule has 4 fully saturated rings. The van der Waals surface area contributed by atoms with Crippen LogP contribution in [0, 0.1) is 24.7 Å². The number of aromatic amines is 1. The minimum absolute atomic E-state index is 0.394. The average molecular weight is 390 g/mol. The lowest BCUT2D eigenvalue weighted by Crippen LogP contribution is -2.59. The van der Waals surface area contributed by atoms with Crippen molar-refractivity contribution in [2.75, 3.05) is 5.32 Å². The molecule has 4 aliphatic carbocycles. The molecule has 0 spiro atoms. The van der Waals surface area contributed by atoms with Gasteiger partial charge in [0.2, 0.25) is 0 Å². The van der Waals surface area contributed by atoms with E-state index in [0.29, 0.717) is 30.2 Å². The number of pyridine rings is 2. The lowest BCUT2D eigenvalue weighted by atomic mass is 9.52. The highest BCUT2D eigenvalue weighted by Gasteiger charge is 2.54. The molecule has 4 bridgehead atoms. The van der Waals surface area contributed by atoms with Crippen LogP contribution in [0.2, 0.25) is 0 Å². The summed E-state index contributed by atoms with van der Waals surface area (Å²) in [6.07, 6.45) is 7.87. The zero-order valence-electron chi connectivity index (χ0n) is 16.7. The van der Waals surface area contributed by atoms with Gasteiger partial charge in [-0.15, -0.1) is 0 Å². The van der Waals surface area contributed by atoms with Crippen molar-refractivity contribution >= 4 is 16.7 Å². The highest BCUT2D eigenvalue weighted by molar-refractivity contribution is 5.89. The van der Waals surface area contributed by atoms with E-state index >= 15 is 0 Å². The fourth-order valence-corrected chi connectivity index (χ4v) is 6.45. The first-order valence-corrected chi connectivity index (χ1v) is 10.8. The summed E-state index contributed by atoms with van der Waals surface area (Å²) in [6.45, 7) is 2.01. The fourth-order valence-electron chi connectivity index (χ4n) is 6.45. The van der Waals surface area contributed by atoms with Gasteiger partial charge in [0, 0.05) is 29.7 Å². The molecular weight excluding hydrogens is 362 g/mol. The summed E-state index contributed by atoms with van der Waals surface area (Å²) in [5.74, 6) is 2.72. The summed E-state index contributed by atoms with van der Waals surface area (Å²) in [5, 5.41) is 23.2. The molecule has 7 rings (SSSR count). The van der Waals surface area contributed by atoms with E-state index in [1.54, 1.807) is 0 Å². The molecule has 4 saturated carbocycles. The summed E-state index contributed by atoms with van der Waals surface area (Å²) < 4.78 is 0. The third-order valence-corrected chi connectivity index (χ3v) is 7.32. The van der Waals surface area contributed by atoms with Crippen LogP contribution in [0.15, 0.2) is 30.5 Å². The smallest absolute Gasteiger partial charge is 0.135 e. The number of aryl methyl sites for hydroxylation is 1. The van der Waals surface area contributed by atoms with Gasteiger partial charge in [-0.1, -0.05) is 0 Å². The number of hydrogen-bond donors (Lipinski definition) is 3. The van der Waals surface area contributed by atoms with E-state index in [4.69, 9.17) is 4.98 Å². The van der Waals surface area contributed by atoms with Gasteiger partial charge in [0.05, 0.1) is 22.5 Å². The van der Waals surface area contributed by atoms with E-state index in [9.17, 15) is 5.11 Å². The second-order valence-electron chi connectivity index (χ2n) is 9.62. The molecule has 3 N–H and O–H groups in total. The van der Waals surface area contributed by atoms with Gasteiger partial charge < -0.3 is 10.4 Å². The van der Waals surface area contributed by atoms with Gasteiger partial charge in [-0.25, -0.2) is 4.98 Å². The predicted octanol–water partition coefficient (Wildman–Crippen LogP) is 3.60. The second kappa shape index (κ2) is 6.26. The number of nitrogens with one attached hydrogen (secondary N) is 2. The van der Waals surface area contributed by atoms with E-state index in [2.05, 4.69) is 38.7 Å². The Labute approximate surface area is 170 Å². The molecule has 3 aromatic rings. The first-order valence-electron chi connectivity index (χ1n) is 10.8. The summed E-state index contributed by atoms with van der Waals surface area (Å²) in [4.78, 5) is 9.60. The molecule has 0 aromatic carbocycles. The molecule has 6 nitrogen and oxygen atoms in total. The highest BCUT2D eigenvalue weighted by atomic mass is 16.3. The SMILES string of the molecule is Cc1cc(Cc2cc3ncccc3c(N[C@H]3C4CC5CC3C[C@@](O)(C5)C4)n2)n[nH]1. The summed E-state index contributed by atoms with van der Waals surface area (Å²) in [5.41, 5.74) is 3.59. The Morgan fingerprint density at radius 1 is 1.17 bits per heavy atom. The molecule has 29 heavy (non-hydrogen) atoms. The van der Waals surface area contributed by atoms with E-state index in [1.165, 1.54) is 12.8 Å². The maximum atomic E-state index is 10.9. The zero-order chi connectivity index (χ0) is 19.6. The van der Waals surface area contributed by atoms with Crippen LogP contribution in [0.25, 0.3) is 10.9 Å². The van der Waals surface area contributed by atoms with Gasteiger partial charge in [-0.05, 0) is 81.0 Å². The van der Waals surface area contributed by atoms with Crippen molar-refractivity contribution in [3.05, 3.63) is 47.5 Å². The number of aliphatic hydroxyl groups is 1. The summed E-state index contributed by atoms with van der Waals surface area (Å²) in [7, 11) is 0. The fraction of sp³-hybridized carbons (Fsp3) is 0.522. The number of anilines is 1. The number of nitrogens with zero attached hydrogens (tertiary/aromatic N) is 3. The minimum Gasteiger partial charge on any atom is -0.390 e. The average Bonchev–Trinajstić information content (AvgIpc) is 3.08. The number of rotatable bonds is 4. The molecule has 0 amide bonds. The van der Waals surface area contributed by atoms with E-state index in [-0.39, 0.29) is 0 Å². The first kappa shape index (κ1) is 17.4. The van der Waals surface area contributed by atoms with E-state index in [1.807, 2.05) is 19.2 Å². The van der Waals surface area contributed by atoms with Gasteiger partial charge >= 0.3 is 0 Å². The second-order valence-corrected chi connectivity index (χ2v) is 9.62. The number of aromatic nitrogens is 4. The van der Waals surface area contributed by atoms with Crippen LogP contribution in [0.5, 0.6) is 0 Å². The topological polar surface area (TPSA) is 86.7 Å². The van der Waals surface area contributed by atoms with Crippen molar-refractivity contribution in [3.8, 4) is 0 Å². The van der Waals surface area contributed by atoms with Crippen LogP contribution in [0.4, 0.5) is 5.82 Å². The lowest BCUT2D eigenvalue weighted by Gasteiger charge is -2.58. The molecule has 150 valence electrons. The standard InChI is InChI=1S/C23H27N5O/c1-13-5-18(28-27-13)8-17-9-20-19(3-2-4-24-20)22(25-17)26-21-15-6-14-7-16(21)12-23(29,10-14)11-15/h2-5,9,14-16,21,29H,6-8,10-12H2,1H3,(H,25,26)(H,27,28)/t14?,15?,16?,21-,23+. The predicted molar refractivity (Wildman–Crippen MR) is 112 cm³/mol. The number of fused-ring (bicyclic) bond motifs is 1. The van der Waals surface area contributed by atoms with Gasteiger partial charge in [-0.2, -0.15) is 5.10 Å². The Morgan fingerprint density at radius 2 is 2.00 bits per heavy atom. The molecule has 0 saturated heterocycles. The summed E-state index contributed by atoms with van der Waals surface area (Å²) in [6, 6.07) is 8.61. The maximum absolute atomic E-state index is 10.9. The van der Waals surface area contributed by atoms with E-state index in [0.717, 1.165) is 53.1 Å². The van der Waals surface area contributed by atoms with Crippen LogP contribution in [0.1, 0.15) is 49.2 Å². The van der Waals surface area contributed by atoms with Crippen molar-refractivity contribution in [2.45, 2.75) is 57.1 Å². The first-order chi connectivity index (χ1) is 14.0. The van der Waals surface area contributed by atoms with Gasteiger partial charge in [0.25, 0.3) is 0 Å². The number of H-pyrrole nitrogens is 1. The van der Waals surface area contributed by atoms with Gasteiger partial charge in [-0.3, -0.25) is 10.1 Å². The molecule has 2 unspecified atom stereocenters. The molecule has 0 radical (unpaired) electrons. The van der Waals surface area contributed by atoms with Gasteiger partial charge in [0.1, 0.15) is 5.82 Å². The van der Waals surface area contributed by atoms with Crippen LogP contribution in [-0.4, -0.2) is 36.9 Å². The Kier molecular flexibility index (Phi) is 3.76. The number of hydrogen-bond acceptors (Lipinski definition) is 5. The Morgan fingerprint density at radius 3 is 2.72 bits per heavy atom.